The first-order valence-corrected chi connectivity index (χ1v) is 8.37. The summed E-state index contributed by atoms with van der Waals surface area (Å²) in [7, 11) is 1.69. The van der Waals surface area contributed by atoms with Crippen LogP contribution in [0.1, 0.15) is 54.4 Å². The minimum atomic E-state index is -0.534. The zero-order valence-corrected chi connectivity index (χ0v) is 15.5. The number of imide groups is 1. The molecule has 1 heterocycles. The highest BCUT2D eigenvalue weighted by Crippen LogP contribution is 2.27. The number of nitrogens with zero attached hydrogens (tertiary/aromatic N) is 2. The van der Waals surface area contributed by atoms with Crippen LogP contribution in [0.25, 0.3) is 0 Å². The molecule has 1 rings (SSSR count). The van der Waals surface area contributed by atoms with Gasteiger partial charge in [0.15, 0.2) is 0 Å². The molecule has 6 heteroatoms. The van der Waals surface area contributed by atoms with Gasteiger partial charge in [-0.1, -0.05) is 20.8 Å². The van der Waals surface area contributed by atoms with E-state index in [1.54, 1.807) is 18.9 Å². The molecule has 6 nitrogen and oxygen atoms in total. The lowest BCUT2D eigenvalue weighted by Crippen LogP contribution is -2.56. The molecule has 1 saturated heterocycles. The fourth-order valence-electron chi connectivity index (χ4n) is 2.81. The second kappa shape index (κ2) is 7.43. The largest absolute Gasteiger partial charge is 0.330 e. The summed E-state index contributed by atoms with van der Waals surface area (Å²) in [5.74, 6) is -0.545. The third-order valence-electron chi connectivity index (χ3n) is 4.24. The Morgan fingerprint density at radius 2 is 1.74 bits per heavy atom. The first kappa shape index (κ1) is 19.6. The number of likely N-dealkylation sites (tertiary alicyclic amines) is 1. The Morgan fingerprint density at radius 3 is 2.17 bits per heavy atom. The Hall–Kier alpha value is -1.43. The Labute approximate surface area is 139 Å². The van der Waals surface area contributed by atoms with Crippen molar-refractivity contribution in [3.05, 3.63) is 0 Å². The molecule has 1 fully saturated rings. The molecule has 0 aromatic rings. The summed E-state index contributed by atoms with van der Waals surface area (Å²) < 4.78 is 0. The summed E-state index contributed by atoms with van der Waals surface area (Å²) in [4.78, 5) is 41.0. The predicted octanol–water partition coefficient (Wildman–Crippen LogP) is 1.39. The van der Waals surface area contributed by atoms with Crippen molar-refractivity contribution in [1.82, 2.24) is 15.1 Å². The first-order valence-electron chi connectivity index (χ1n) is 8.37. The van der Waals surface area contributed by atoms with E-state index in [1.165, 1.54) is 4.90 Å². The maximum absolute atomic E-state index is 13.0. The maximum Gasteiger partial charge on any atom is 0.252 e. The number of hydrogen-bond acceptors (Lipinski definition) is 4. The van der Waals surface area contributed by atoms with Crippen LogP contribution in [0.4, 0.5) is 0 Å². The maximum atomic E-state index is 13.0. The molecule has 3 amide bonds. The Bertz CT molecular complexity index is 468. The minimum absolute atomic E-state index is 0.0360. The molecule has 0 aromatic heterocycles. The van der Waals surface area contributed by atoms with E-state index in [0.717, 1.165) is 6.42 Å². The van der Waals surface area contributed by atoms with Gasteiger partial charge in [-0.15, -0.1) is 0 Å². The third-order valence-corrected chi connectivity index (χ3v) is 4.24. The average molecular weight is 325 g/mol. The molecule has 1 aliphatic heterocycles. The van der Waals surface area contributed by atoms with Crippen LogP contribution in [0.2, 0.25) is 0 Å². The number of likely N-dealkylation sites (N-methyl/N-ethyl adjacent to an activating group) is 1. The zero-order valence-electron chi connectivity index (χ0n) is 15.5. The van der Waals surface area contributed by atoms with E-state index < -0.39 is 17.5 Å². The van der Waals surface area contributed by atoms with E-state index >= 15 is 0 Å². The molecule has 0 bridgehead atoms. The van der Waals surface area contributed by atoms with Crippen LogP contribution in [-0.2, 0) is 14.4 Å². The van der Waals surface area contributed by atoms with Crippen LogP contribution in [-0.4, -0.2) is 59.2 Å². The molecule has 132 valence electrons. The molecular formula is C17H31N3O3. The molecule has 1 aliphatic rings. The van der Waals surface area contributed by atoms with Crippen LogP contribution in [0, 0.1) is 5.41 Å². The fraction of sp³-hybridized carbons (Fsp3) is 0.824. The number of carbonyl (C=O) groups is 3. The molecule has 23 heavy (non-hydrogen) atoms. The van der Waals surface area contributed by atoms with Gasteiger partial charge in [-0.3, -0.25) is 19.3 Å². The van der Waals surface area contributed by atoms with Crippen LogP contribution >= 0.6 is 0 Å². The van der Waals surface area contributed by atoms with Crippen LogP contribution in [0.3, 0.4) is 0 Å². The normalized spacial score (nSPS) is 19.8. The quantitative estimate of drug-likeness (QED) is 0.848. The number of amides is 3. The topological polar surface area (TPSA) is 69.7 Å². The van der Waals surface area contributed by atoms with Crippen molar-refractivity contribution < 1.29 is 14.4 Å². The van der Waals surface area contributed by atoms with E-state index in [-0.39, 0.29) is 23.8 Å². The van der Waals surface area contributed by atoms with E-state index in [0.29, 0.717) is 13.0 Å². The zero-order chi connectivity index (χ0) is 17.9. The van der Waals surface area contributed by atoms with Gasteiger partial charge >= 0.3 is 0 Å². The number of nitrogens with one attached hydrogen (secondary N) is 1. The second-order valence-corrected chi connectivity index (χ2v) is 7.56. The number of carbonyl (C=O) groups excluding carboxylic acids is 3. The highest BCUT2D eigenvalue weighted by atomic mass is 16.2. The van der Waals surface area contributed by atoms with Gasteiger partial charge in [-0.2, -0.15) is 0 Å². The Morgan fingerprint density at radius 1 is 1.17 bits per heavy atom. The molecular weight excluding hydrogens is 294 g/mol. The van der Waals surface area contributed by atoms with Gasteiger partial charge in [0.2, 0.25) is 11.8 Å². The summed E-state index contributed by atoms with van der Waals surface area (Å²) in [6.07, 6.45) is 1.41. The summed E-state index contributed by atoms with van der Waals surface area (Å²) in [6, 6.07) is -1.20. The van der Waals surface area contributed by atoms with Crippen LogP contribution in [0.15, 0.2) is 0 Å². The standard InChI is InChI=1S/C17H31N3O3/c1-11(2)20(14(21)12(3)18-7)15(22)13-9-8-10-19(13)16(23)17(4,5)6/h11-13,18H,8-10H2,1-7H3/t12-,13-/m0/s1. The smallest absolute Gasteiger partial charge is 0.252 e. The lowest BCUT2D eigenvalue weighted by molar-refractivity contribution is -0.155. The van der Waals surface area contributed by atoms with Crippen molar-refractivity contribution >= 4 is 17.7 Å². The molecule has 0 unspecified atom stereocenters. The summed E-state index contributed by atoms with van der Waals surface area (Å²) in [5.41, 5.74) is -0.534. The monoisotopic (exact) mass is 325 g/mol. The lowest BCUT2D eigenvalue weighted by atomic mass is 9.94. The molecule has 0 aromatic carbocycles. The van der Waals surface area contributed by atoms with Crippen molar-refractivity contribution in [3.8, 4) is 0 Å². The van der Waals surface area contributed by atoms with Gasteiger partial charge in [0, 0.05) is 18.0 Å². The second-order valence-electron chi connectivity index (χ2n) is 7.56. The first-order chi connectivity index (χ1) is 10.5. The van der Waals surface area contributed by atoms with Crippen LogP contribution < -0.4 is 5.32 Å². The third kappa shape index (κ3) is 4.31. The van der Waals surface area contributed by atoms with Gasteiger partial charge in [-0.05, 0) is 40.7 Å². The van der Waals surface area contributed by atoms with Crippen molar-refractivity contribution in [3.63, 3.8) is 0 Å². The Kier molecular flexibility index (Phi) is 6.33. The van der Waals surface area contributed by atoms with Crippen molar-refractivity contribution in [2.45, 2.75) is 72.5 Å². The van der Waals surface area contributed by atoms with Gasteiger partial charge in [0.05, 0.1) is 6.04 Å². The average Bonchev–Trinajstić information content (AvgIpc) is 2.93. The lowest BCUT2D eigenvalue weighted by Gasteiger charge is -2.35. The van der Waals surface area contributed by atoms with Gasteiger partial charge in [-0.25, -0.2) is 0 Å². The highest BCUT2D eigenvalue weighted by Gasteiger charge is 2.42. The Balaban J connectivity index is 3.04. The summed E-state index contributed by atoms with van der Waals surface area (Å²) in [5, 5.41) is 2.88. The van der Waals surface area contributed by atoms with Crippen molar-refractivity contribution in [1.29, 1.82) is 0 Å². The van der Waals surface area contributed by atoms with E-state index in [9.17, 15) is 14.4 Å². The highest BCUT2D eigenvalue weighted by molar-refractivity contribution is 6.01. The predicted molar refractivity (Wildman–Crippen MR) is 89.7 cm³/mol. The van der Waals surface area contributed by atoms with Crippen molar-refractivity contribution in [2.75, 3.05) is 13.6 Å². The minimum Gasteiger partial charge on any atom is -0.330 e. The summed E-state index contributed by atoms with van der Waals surface area (Å²) in [6.45, 7) is 11.5. The van der Waals surface area contributed by atoms with Gasteiger partial charge in [0.25, 0.3) is 5.91 Å². The molecule has 0 spiro atoms. The number of rotatable bonds is 4. The SMILES string of the molecule is CN[C@@H](C)C(=O)N(C(=O)[C@@H]1CCCN1C(=O)C(C)(C)C)C(C)C. The molecule has 0 radical (unpaired) electrons. The molecule has 1 N–H and O–H groups in total. The summed E-state index contributed by atoms with van der Waals surface area (Å²) >= 11 is 0. The van der Waals surface area contributed by atoms with Gasteiger partial charge in [0.1, 0.15) is 6.04 Å². The van der Waals surface area contributed by atoms with Gasteiger partial charge < -0.3 is 10.2 Å². The fourth-order valence-corrected chi connectivity index (χ4v) is 2.81. The van der Waals surface area contributed by atoms with Crippen molar-refractivity contribution in [2.24, 2.45) is 5.41 Å². The molecule has 2 atom stereocenters. The van der Waals surface area contributed by atoms with E-state index in [2.05, 4.69) is 5.32 Å². The van der Waals surface area contributed by atoms with Crippen LogP contribution in [0.5, 0.6) is 0 Å². The number of hydrogen-bond donors (Lipinski definition) is 1. The van der Waals surface area contributed by atoms with E-state index in [4.69, 9.17) is 0 Å². The van der Waals surface area contributed by atoms with E-state index in [1.807, 2.05) is 34.6 Å². The molecule has 0 saturated carbocycles. The molecule has 0 aliphatic carbocycles.